The summed E-state index contributed by atoms with van der Waals surface area (Å²) in [4.78, 5) is 16.3. The van der Waals surface area contributed by atoms with Crippen molar-refractivity contribution in [2.45, 2.75) is 19.0 Å². The number of hydrogen-bond donors (Lipinski definition) is 2. The van der Waals surface area contributed by atoms with E-state index in [0.717, 1.165) is 0 Å². The van der Waals surface area contributed by atoms with Crippen molar-refractivity contribution < 1.29 is 18.4 Å². The SMILES string of the molecule is CC(NC(=O)C1COCCN1)c1nc(-c2cccc(F)c2)no1. The fraction of sp³-hybridized carbons (Fsp3) is 0.400. The molecule has 2 unspecified atom stereocenters. The Morgan fingerprint density at radius 3 is 3.13 bits per heavy atom. The van der Waals surface area contributed by atoms with Gasteiger partial charge >= 0.3 is 0 Å². The number of carbonyl (C=O) groups is 1. The molecule has 7 nitrogen and oxygen atoms in total. The number of rotatable bonds is 4. The highest BCUT2D eigenvalue weighted by Crippen LogP contribution is 2.19. The molecular formula is C15H17FN4O3. The molecule has 8 heteroatoms. The molecule has 23 heavy (non-hydrogen) atoms. The van der Waals surface area contributed by atoms with Crippen LogP contribution in [0.4, 0.5) is 4.39 Å². The average Bonchev–Trinajstić information content (AvgIpc) is 3.06. The molecule has 0 radical (unpaired) electrons. The maximum atomic E-state index is 13.2. The Balaban J connectivity index is 1.66. The lowest BCUT2D eigenvalue weighted by atomic mass is 10.2. The van der Waals surface area contributed by atoms with Crippen LogP contribution in [0.5, 0.6) is 0 Å². The van der Waals surface area contributed by atoms with Gasteiger partial charge in [-0.15, -0.1) is 0 Å². The molecule has 1 saturated heterocycles. The van der Waals surface area contributed by atoms with Gasteiger partial charge in [0.1, 0.15) is 17.9 Å². The van der Waals surface area contributed by atoms with E-state index in [9.17, 15) is 9.18 Å². The minimum Gasteiger partial charge on any atom is -0.378 e. The van der Waals surface area contributed by atoms with E-state index < -0.39 is 12.1 Å². The van der Waals surface area contributed by atoms with Gasteiger partial charge in [0, 0.05) is 12.1 Å². The van der Waals surface area contributed by atoms with Gasteiger partial charge < -0.3 is 19.9 Å². The summed E-state index contributed by atoms with van der Waals surface area (Å²) >= 11 is 0. The molecule has 1 aromatic carbocycles. The van der Waals surface area contributed by atoms with E-state index >= 15 is 0 Å². The van der Waals surface area contributed by atoms with Gasteiger partial charge in [-0.1, -0.05) is 17.3 Å². The first-order valence-corrected chi connectivity index (χ1v) is 7.34. The van der Waals surface area contributed by atoms with Crippen LogP contribution in [-0.4, -0.2) is 41.8 Å². The van der Waals surface area contributed by atoms with E-state index in [2.05, 4.69) is 20.8 Å². The van der Waals surface area contributed by atoms with E-state index in [4.69, 9.17) is 9.26 Å². The number of benzene rings is 1. The van der Waals surface area contributed by atoms with E-state index in [1.807, 2.05) is 0 Å². The van der Waals surface area contributed by atoms with Crippen molar-refractivity contribution in [3.63, 3.8) is 0 Å². The highest BCUT2D eigenvalue weighted by atomic mass is 19.1. The third-order valence-electron chi connectivity index (χ3n) is 3.49. The van der Waals surface area contributed by atoms with E-state index in [1.54, 1.807) is 19.1 Å². The average molecular weight is 320 g/mol. The molecule has 2 aromatic rings. The first kappa shape index (κ1) is 15.6. The van der Waals surface area contributed by atoms with Crippen molar-refractivity contribution in [1.82, 2.24) is 20.8 Å². The standard InChI is InChI=1S/C15H17FN4O3/c1-9(18-14(21)12-8-22-6-5-17-12)15-19-13(20-23-15)10-3-2-4-11(16)7-10/h2-4,7,9,12,17H,5-6,8H2,1H3,(H,18,21). The Bertz CT molecular complexity index is 685. The van der Waals surface area contributed by atoms with Gasteiger partial charge in [-0.25, -0.2) is 4.39 Å². The fourth-order valence-corrected chi connectivity index (χ4v) is 2.27. The van der Waals surface area contributed by atoms with Crippen molar-refractivity contribution in [2.75, 3.05) is 19.8 Å². The first-order valence-electron chi connectivity index (χ1n) is 7.34. The largest absolute Gasteiger partial charge is 0.378 e. The van der Waals surface area contributed by atoms with Crippen molar-refractivity contribution >= 4 is 5.91 Å². The molecule has 3 rings (SSSR count). The molecule has 0 saturated carbocycles. The van der Waals surface area contributed by atoms with Crippen LogP contribution >= 0.6 is 0 Å². The lowest BCUT2D eigenvalue weighted by molar-refractivity contribution is -0.126. The van der Waals surface area contributed by atoms with E-state index in [1.165, 1.54) is 12.1 Å². The van der Waals surface area contributed by atoms with Crippen molar-refractivity contribution in [1.29, 1.82) is 0 Å². The van der Waals surface area contributed by atoms with Gasteiger partial charge in [-0.3, -0.25) is 4.79 Å². The summed E-state index contributed by atoms with van der Waals surface area (Å²) in [6, 6.07) is 5.07. The third kappa shape index (κ3) is 3.72. The smallest absolute Gasteiger partial charge is 0.249 e. The number of nitrogens with one attached hydrogen (secondary N) is 2. The van der Waals surface area contributed by atoms with Crippen molar-refractivity contribution in [2.24, 2.45) is 0 Å². The number of nitrogens with zero attached hydrogens (tertiary/aromatic N) is 2. The molecule has 1 amide bonds. The molecule has 1 aromatic heterocycles. The first-order chi connectivity index (χ1) is 11.1. The molecule has 0 bridgehead atoms. The molecule has 2 atom stereocenters. The Kier molecular flexibility index (Phi) is 4.63. The summed E-state index contributed by atoms with van der Waals surface area (Å²) in [6.45, 7) is 3.30. The maximum Gasteiger partial charge on any atom is 0.249 e. The number of morpholine rings is 1. The topological polar surface area (TPSA) is 89.3 Å². The molecule has 2 heterocycles. The normalized spacial score (nSPS) is 19.3. The Hall–Kier alpha value is -2.32. The highest BCUT2D eigenvalue weighted by molar-refractivity contribution is 5.82. The van der Waals surface area contributed by atoms with Crippen molar-refractivity contribution in [3.8, 4) is 11.4 Å². The third-order valence-corrected chi connectivity index (χ3v) is 3.49. The zero-order valence-corrected chi connectivity index (χ0v) is 12.6. The lowest BCUT2D eigenvalue weighted by Crippen LogP contribution is -2.51. The lowest BCUT2D eigenvalue weighted by Gasteiger charge is -2.23. The quantitative estimate of drug-likeness (QED) is 0.875. The van der Waals surface area contributed by atoms with Gasteiger partial charge in [0.2, 0.25) is 17.6 Å². The van der Waals surface area contributed by atoms with Crippen LogP contribution in [0, 0.1) is 5.82 Å². The van der Waals surface area contributed by atoms with Gasteiger partial charge in [0.25, 0.3) is 0 Å². The predicted octanol–water partition coefficient (Wildman–Crippen LogP) is 1.04. The van der Waals surface area contributed by atoms with Crippen LogP contribution in [0.3, 0.4) is 0 Å². The second-order valence-electron chi connectivity index (χ2n) is 5.28. The van der Waals surface area contributed by atoms with Crippen molar-refractivity contribution in [3.05, 3.63) is 36.0 Å². The summed E-state index contributed by atoms with van der Waals surface area (Å²) < 4.78 is 23.6. The van der Waals surface area contributed by atoms with Crippen LogP contribution in [-0.2, 0) is 9.53 Å². The van der Waals surface area contributed by atoms with Gasteiger partial charge in [0.05, 0.1) is 13.2 Å². The molecule has 122 valence electrons. The van der Waals surface area contributed by atoms with Crippen LogP contribution in [0.1, 0.15) is 18.9 Å². The maximum absolute atomic E-state index is 13.2. The zero-order valence-electron chi connectivity index (χ0n) is 12.6. The second-order valence-corrected chi connectivity index (χ2v) is 5.28. The van der Waals surface area contributed by atoms with E-state index in [0.29, 0.717) is 25.3 Å². The number of aromatic nitrogens is 2. The molecule has 2 N–H and O–H groups in total. The number of hydrogen-bond acceptors (Lipinski definition) is 6. The van der Waals surface area contributed by atoms with Gasteiger partial charge in [-0.2, -0.15) is 4.98 Å². The summed E-state index contributed by atoms with van der Waals surface area (Å²) in [5, 5.41) is 9.68. The number of halogens is 1. The summed E-state index contributed by atoms with van der Waals surface area (Å²) in [6.07, 6.45) is 0. The molecule has 0 aliphatic carbocycles. The minimum absolute atomic E-state index is 0.192. The molecular weight excluding hydrogens is 303 g/mol. The van der Waals surface area contributed by atoms with Crippen LogP contribution < -0.4 is 10.6 Å². The summed E-state index contributed by atoms with van der Waals surface area (Å²) in [7, 11) is 0. The molecule has 1 fully saturated rings. The van der Waals surface area contributed by atoms with Crippen LogP contribution in [0.2, 0.25) is 0 Å². The Labute approximate surface area is 132 Å². The van der Waals surface area contributed by atoms with Gasteiger partial charge in [0.15, 0.2) is 0 Å². The summed E-state index contributed by atoms with van der Waals surface area (Å²) in [5.74, 6) is -0.0321. The Morgan fingerprint density at radius 1 is 1.52 bits per heavy atom. The summed E-state index contributed by atoms with van der Waals surface area (Å²) in [5.41, 5.74) is 0.515. The number of amides is 1. The van der Waals surface area contributed by atoms with Crippen LogP contribution in [0.15, 0.2) is 28.8 Å². The number of carbonyl (C=O) groups excluding carboxylic acids is 1. The predicted molar refractivity (Wildman–Crippen MR) is 78.9 cm³/mol. The number of ether oxygens (including phenoxy) is 1. The minimum atomic E-state index is -0.457. The Morgan fingerprint density at radius 2 is 2.39 bits per heavy atom. The molecule has 1 aliphatic heterocycles. The zero-order chi connectivity index (χ0) is 16.2. The van der Waals surface area contributed by atoms with Crippen LogP contribution in [0.25, 0.3) is 11.4 Å². The van der Waals surface area contributed by atoms with E-state index in [-0.39, 0.29) is 23.4 Å². The fourth-order valence-electron chi connectivity index (χ4n) is 2.27. The van der Waals surface area contributed by atoms with Gasteiger partial charge in [-0.05, 0) is 19.1 Å². The molecule has 1 aliphatic rings. The second kappa shape index (κ2) is 6.84. The monoisotopic (exact) mass is 320 g/mol. The highest BCUT2D eigenvalue weighted by Gasteiger charge is 2.24. The molecule has 0 spiro atoms.